The minimum absolute atomic E-state index is 0.0139. The van der Waals surface area contributed by atoms with Gasteiger partial charge >= 0.3 is 17.9 Å². The first-order valence-electron chi connectivity index (χ1n) is 23.2. The van der Waals surface area contributed by atoms with Gasteiger partial charge in [-0.25, -0.2) is 0 Å². The SMILES string of the molecule is CC(C)(C)c1cc(CCC(=O)OCC(O)C(CO)(C(CC(=O)O)c2cc(C(C)(C)C)c(O)c(C(C)(C)C)c2)C(CC(=O)O)c2cc(C(C)(C)C)c(O)c(C(C)(C)C)c2)cc(C(C)(C)C)c1O. The molecule has 0 bridgehead atoms. The summed E-state index contributed by atoms with van der Waals surface area (Å²) >= 11 is 0. The van der Waals surface area contributed by atoms with Gasteiger partial charge in [-0.05, 0) is 89.0 Å². The first-order valence-corrected chi connectivity index (χ1v) is 23.2. The average Bonchev–Trinajstić information content (AvgIpc) is 3.13. The average molecular weight is 919 g/mol. The standard InChI is InChI=1S/C55H82O11/c1-49(2,3)36-21-31(22-37(46(36)63)50(4,5)6)19-20-45(62)66-29-42(57)55(30-56,34(27-43(58)59)32-23-38(51(7,8)9)47(64)39(24-32)52(10,11)12)35(28-44(60)61)33-25-40(53(13,14)15)48(65)41(26-33)54(16,17)18/h21-26,34-35,42,56-57,63-65H,19-20,27-30H2,1-18H3,(H,58,59)(H,60,61). The second-order valence-electron chi connectivity index (χ2n) is 24.7. The number of hydrogen-bond acceptors (Lipinski definition) is 9. The molecule has 0 radical (unpaired) electrons. The number of aliphatic hydroxyl groups is 2. The molecule has 3 aromatic rings. The summed E-state index contributed by atoms with van der Waals surface area (Å²) in [5.41, 5.74) is -0.757. The molecule has 3 aromatic carbocycles. The number of rotatable bonds is 15. The first-order chi connectivity index (χ1) is 29.7. The Balaban J connectivity index is 2.44. The summed E-state index contributed by atoms with van der Waals surface area (Å²) in [5.74, 6) is -5.74. The zero-order valence-electron chi connectivity index (χ0n) is 43.2. The Kier molecular flexibility index (Phi) is 16.5. The van der Waals surface area contributed by atoms with Crippen LogP contribution < -0.4 is 0 Å². The lowest BCUT2D eigenvalue weighted by atomic mass is 9.57. The fourth-order valence-electron chi connectivity index (χ4n) is 9.25. The fraction of sp³-hybridized carbons (Fsp3) is 0.618. The normalized spacial score (nSPS) is 15.5. The third-order valence-electron chi connectivity index (χ3n) is 13.1. The molecule has 11 nitrogen and oxygen atoms in total. The molecule has 3 atom stereocenters. The van der Waals surface area contributed by atoms with E-state index in [9.17, 15) is 50.1 Å². The van der Waals surface area contributed by atoms with Gasteiger partial charge in [0.2, 0.25) is 0 Å². The lowest BCUT2D eigenvalue weighted by molar-refractivity contribution is -0.157. The van der Waals surface area contributed by atoms with Crippen molar-refractivity contribution in [2.45, 2.75) is 201 Å². The van der Waals surface area contributed by atoms with Crippen molar-refractivity contribution in [2.24, 2.45) is 5.41 Å². The van der Waals surface area contributed by atoms with Crippen LogP contribution in [-0.2, 0) is 58.0 Å². The molecule has 0 saturated heterocycles. The maximum atomic E-state index is 13.8. The highest BCUT2D eigenvalue weighted by atomic mass is 16.5. The monoisotopic (exact) mass is 919 g/mol. The van der Waals surface area contributed by atoms with E-state index in [1.54, 1.807) is 24.3 Å². The van der Waals surface area contributed by atoms with Gasteiger partial charge in [0.25, 0.3) is 0 Å². The van der Waals surface area contributed by atoms with Gasteiger partial charge in [0.1, 0.15) is 23.9 Å². The van der Waals surface area contributed by atoms with Crippen molar-refractivity contribution in [1.29, 1.82) is 0 Å². The number of aromatic hydroxyl groups is 3. The number of benzene rings is 3. The largest absolute Gasteiger partial charge is 0.507 e. The highest BCUT2D eigenvalue weighted by Gasteiger charge is 2.54. The van der Waals surface area contributed by atoms with E-state index in [1.807, 2.05) is 137 Å². The smallest absolute Gasteiger partial charge is 0.306 e. The van der Waals surface area contributed by atoms with Gasteiger partial charge in [0.05, 0.1) is 25.6 Å². The molecule has 66 heavy (non-hydrogen) atoms. The minimum Gasteiger partial charge on any atom is -0.507 e. The van der Waals surface area contributed by atoms with E-state index >= 15 is 0 Å². The van der Waals surface area contributed by atoms with Gasteiger partial charge in [0, 0.05) is 23.7 Å². The zero-order chi connectivity index (χ0) is 51.1. The fourth-order valence-corrected chi connectivity index (χ4v) is 9.25. The van der Waals surface area contributed by atoms with Crippen molar-refractivity contribution in [3.63, 3.8) is 0 Å². The molecule has 0 aliphatic heterocycles. The summed E-state index contributed by atoms with van der Waals surface area (Å²) in [6, 6.07) is 10.4. The molecule has 0 fully saturated rings. The van der Waals surface area contributed by atoms with Gasteiger partial charge in [-0.15, -0.1) is 0 Å². The maximum absolute atomic E-state index is 13.8. The number of ether oxygens (including phenoxy) is 1. The predicted molar refractivity (Wildman–Crippen MR) is 261 cm³/mol. The van der Waals surface area contributed by atoms with Gasteiger partial charge in [0.15, 0.2) is 0 Å². The topological polar surface area (TPSA) is 202 Å². The van der Waals surface area contributed by atoms with Gasteiger partial charge in [-0.1, -0.05) is 161 Å². The number of aliphatic carboxylic acids is 2. The van der Waals surface area contributed by atoms with E-state index in [2.05, 4.69) is 0 Å². The van der Waals surface area contributed by atoms with Crippen molar-refractivity contribution in [1.82, 2.24) is 0 Å². The van der Waals surface area contributed by atoms with E-state index < -0.39 is 99.8 Å². The van der Waals surface area contributed by atoms with Crippen LogP contribution in [0.2, 0.25) is 0 Å². The highest BCUT2D eigenvalue weighted by Crippen LogP contribution is 2.56. The molecule has 0 spiro atoms. The Morgan fingerprint density at radius 1 is 0.500 bits per heavy atom. The Bertz CT molecular complexity index is 2040. The van der Waals surface area contributed by atoms with E-state index in [1.165, 1.54) is 0 Å². The Morgan fingerprint density at radius 3 is 1.02 bits per heavy atom. The number of carbonyl (C=O) groups is 3. The molecule has 0 aromatic heterocycles. The number of carbonyl (C=O) groups excluding carboxylic acids is 1. The summed E-state index contributed by atoms with van der Waals surface area (Å²) in [5, 5.41) is 81.3. The number of aryl methyl sites for hydroxylation is 1. The molecule has 0 saturated carbocycles. The van der Waals surface area contributed by atoms with Gasteiger partial charge in [-0.3, -0.25) is 14.4 Å². The van der Waals surface area contributed by atoms with Crippen LogP contribution in [-0.4, -0.2) is 73.0 Å². The second-order valence-corrected chi connectivity index (χ2v) is 24.7. The van der Waals surface area contributed by atoms with E-state index in [4.69, 9.17) is 4.74 Å². The van der Waals surface area contributed by atoms with Gasteiger partial charge < -0.3 is 40.5 Å². The number of phenolic OH excluding ortho intramolecular Hbond substituents is 3. The Labute approximate surface area is 394 Å². The number of aliphatic hydroxyl groups excluding tert-OH is 2. The van der Waals surface area contributed by atoms with E-state index in [-0.39, 0.29) is 30.1 Å². The number of phenols is 3. The second kappa shape index (κ2) is 19.5. The highest BCUT2D eigenvalue weighted by molar-refractivity contribution is 5.71. The predicted octanol–water partition coefficient (Wildman–Crippen LogP) is 10.9. The quantitative estimate of drug-likeness (QED) is 0.0715. The summed E-state index contributed by atoms with van der Waals surface area (Å²) < 4.78 is 5.86. The lowest BCUT2D eigenvalue weighted by Gasteiger charge is -2.48. The molecular weight excluding hydrogens is 837 g/mol. The Hall–Kier alpha value is -4.61. The summed E-state index contributed by atoms with van der Waals surface area (Å²) in [7, 11) is 0. The molecule has 11 heteroatoms. The maximum Gasteiger partial charge on any atom is 0.306 e. The molecular formula is C55H82O11. The first kappa shape index (κ1) is 55.7. The van der Waals surface area contributed by atoms with Crippen LogP contribution in [0.25, 0.3) is 0 Å². The molecule has 0 aliphatic rings. The molecule has 0 amide bonds. The summed E-state index contributed by atoms with van der Waals surface area (Å²) in [6.45, 7) is 33.1. The summed E-state index contributed by atoms with van der Waals surface area (Å²) in [4.78, 5) is 40.2. The van der Waals surface area contributed by atoms with Crippen molar-refractivity contribution < 1.29 is 54.9 Å². The Morgan fingerprint density at radius 2 is 0.773 bits per heavy atom. The van der Waals surface area contributed by atoms with Crippen molar-refractivity contribution in [3.8, 4) is 17.2 Å². The van der Waals surface area contributed by atoms with Crippen LogP contribution in [0.1, 0.15) is 206 Å². The number of hydrogen-bond donors (Lipinski definition) is 7. The van der Waals surface area contributed by atoms with Crippen molar-refractivity contribution in [2.75, 3.05) is 13.2 Å². The molecule has 368 valence electrons. The molecule has 3 unspecified atom stereocenters. The number of carboxylic acids is 2. The third-order valence-corrected chi connectivity index (χ3v) is 13.1. The van der Waals surface area contributed by atoms with Crippen LogP contribution in [0.5, 0.6) is 17.2 Å². The lowest BCUT2D eigenvalue weighted by Crippen LogP contribution is -2.52. The van der Waals surface area contributed by atoms with Crippen molar-refractivity contribution >= 4 is 17.9 Å². The van der Waals surface area contributed by atoms with E-state index in [0.717, 1.165) is 16.7 Å². The van der Waals surface area contributed by atoms with Crippen LogP contribution in [0, 0.1) is 5.41 Å². The van der Waals surface area contributed by atoms with Crippen LogP contribution in [0.4, 0.5) is 0 Å². The number of esters is 1. The zero-order valence-corrected chi connectivity index (χ0v) is 43.2. The van der Waals surface area contributed by atoms with E-state index in [0.29, 0.717) is 33.4 Å². The van der Waals surface area contributed by atoms with Crippen LogP contribution >= 0.6 is 0 Å². The number of carboxylic acid groups (broad SMARTS) is 2. The molecule has 3 rings (SSSR count). The third kappa shape index (κ3) is 12.7. The summed E-state index contributed by atoms with van der Waals surface area (Å²) in [6.07, 6.45) is -3.14. The van der Waals surface area contributed by atoms with Crippen LogP contribution in [0.3, 0.4) is 0 Å². The molecule has 0 aliphatic carbocycles. The van der Waals surface area contributed by atoms with Crippen LogP contribution in [0.15, 0.2) is 36.4 Å². The molecule has 7 N–H and O–H groups in total. The van der Waals surface area contributed by atoms with Crippen molar-refractivity contribution in [3.05, 3.63) is 86.5 Å². The molecule has 0 heterocycles. The van der Waals surface area contributed by atoms with Gasteiger partial charge in [-0.2, -0.15) is 0 Å². The minimum atomic E-state index is -2.08.